The molecular formula is C20H26F2IN3O3. The van der Waals surface area contributed by atoms with E-state index in [0.717, 1.165) is 11.1 Å². The van der Waals surface area contributed by atoms with Crippen molar-refractivity contribution in [2.75, 3.05) is 13.7 Å². The number of alkyl halides is 2. The number of nitrogens with one attached hydrogen (secondary N) is 2. The first-order valence-electron chi connectivity index (χ1n) is 8.85. The number of guanidine groups is 1. The lowest BCUT2D eigenvalue weighted by atomic mass is 10.1. The first-order valence-corrected chi connectivity index (χ1v) is 8.85. The van der Waals surface area contributed by atoms with Crippen LogP contribution >= 0.6 is 24.0 Å². The number of hydrogen-bond donors (Lipinski definition) is 3. The largest absolute Gasteiger partial charge is 0.504 e. The van der Waals surface area contributed by atoms with Gasteiger partial charge in [-0.15, -0.1) is 24.0 Å². The second kappa shape index (κ2) is 12.3. The number of aliphatic imine (C=N–C) groups is 1. The molecule has 160 valence electrons. The maximum Gasteiger partial charge on any atom is 0.387 e. The number of benzene rings is 2. The van der Waals surface area contributed by atoms with Crippen molar-refractivity contribution < 1.29 is 23.4 Å². The lowest BCUT2D eigenvalue weighted by molar-refractivity contribution is -0.0504. The van der Waals surface area contributed by atoms with Crippen LogP contribution in [0.2, 0.25) is 0 Å². The summed E-state index contributed by atoms with van der Waals surface area (Å²) in [6, 6.07) is 10.1. The predicted octanol–water partition coefficient (Wildman–Crippen LogP) is 4.18. The van der Waals surface area contributed by atoms with Crippen molar-refractivity contribution in [3.8, 4) is 17.2 Å². The molecule has 2 aromatic carbocycles. The van der Waals surface area contributed by atoms with Crippen LogP contribution in [0.4, 0.5) is 8.78 Å². The van der Waals surface area contributed by atoms with Crippen LogP contribution in [0, 0.1) is 6.92 Å². The van der Waals surface area contributed by atoms with Crippen LogP contribution in [0.5, 0.6) is 17.2 Å². The van der Waals surface area contributed by atoms with Gasteiger partial charge in [0.15, 0.2) is 17.5 Å². The quantitative estimate of drug-likeness (QED) is 0.276. The molecule has 0 saturated heterocycles. The molecule has 0 fully saturated rings. The molecule has 0 aromatic heterocycles. The summed E-state index contributed by atoms with van der Waals surface area (Å²) in [7, 11) is 1.48. The van der Waals surface area contributed by atoms with Gasteiger partial charge in [0, 0.05) is 18.7 Å². The number of phenolic OH excluding ortho intramolecular Hbond substituents is 1. The third-order valence-corrected chi connectivity index (χ3v) is 3.89. The van der Waals surface area contributed by atoms with Crippen LogP contribution in [0.15, 0.2) is 41.4 Å². The van der Waals surface area contributed by atoms with Crippen molar-refractivity contribution >= 4 is 29.9 Å². The van der Waals surface area contributed by atoms with E-state index in [9.17, 15) is 13.9 Å². The number of ether oxygens (including phenoxy) is 2. The van der Waals surface area contributed by atoms with Gasteiger partial charge >= 0.3 is 6.61 Å². The average Bonchev–Trinajstić information content (AvgIpc) is 2.65. The average molecular weight is 521 g/mol. The number of aryl methyl sites for hydroxylation is 1. The van der Waals surface area contributed by atoms with Gasteiger partial charge in [0.1, 0.15) is 5.75 Å². The van der Waals surface area contributed by atoms with Crippen LogP contribution in [-0.2, 0) is 13.1 Å². The van der Waals surface area contributed by atoms with Crippen LogP contribution < -0.4 is 20.1 Å². The van der Waals surface area contributed by atoms with E-state index in [0.29, 0.717) is 30.4 Å². The zero-order valence-electron chi connectivity index (χ0n) is 16.5. The van der Waals surface area contributed by atoms with E-state index < -0.39 is 6.61 Å². The van der Waals surface area contributed by atoms with E-state index in [1.54, 1.807) is 30.3 Å². The van der Waals surface area contributed by atoms with Crippen LogP contribution in [0.25, 0.3) is 0 Å². The van der Waals surface area contributed by atoms with Crippen molar-refractivity contribution in [3.05, 3.63) is 53.1 Å². The smallest absolute Gasteiger partial charge is 0.387 e. The number of halogens is 3. The number of aromatic hydroxyl groups is 1. The highest BCUT2D eigenvalue weighted by Crippen LogP contribution is 2.26. The molecule has 3 N–H and O–H groups in total. The molecule has 6 nitrogen and oxygen atoms in total. The van der Waals surface area contributed by atoms with Crippen molar-refractivity contribution in [1.82, 2.24) is 10.6 Å². The monoisotopic (exact) mass is 521 g/mol. The fraction of sp³-hybridized carbons (Fsp3) is 0.350. The summed E-state index contributed by atoms with van der Waals surface area (Å²) in [5.41, 5.74) is 2.34. The molecule has 29 heavy (non-hydrogen) atoms. The summed E-state index contributed by atoms with van der Waals surface area (Å²) in [6.45, 7) is 2.14. The first-order chi connectivity index (χ1) is 13.4. The summed E-state index contributed by atoms with van der Waals surface area (Å²) >= 11 is 0. The molecule has 9 heteroatoms. The molecule has 2 rings (SSSR count). The third kappa shape index (κ3) is 7.92. The second-order valence-corrected chi connectivity index (χ2v) is 6.04. The molecule has 0 amide bonds. The molecule has 0 heterocycles. The Morgan fingerprint density at radius 1 is 1.14 bits per heavy atom. The Bertz CT molecular complexity index is 820. The van der Waals surface area contributed by atoms with Gasteiger partial charge in [-0.2, -0.15) is 8.78 Å². The molecule has 0 bridgehead atoms. The number of nitrogens with zero attached hydrogens (tertiary/aromatic N) is 1. The van der Waals surface area contributed by atoms with E-state index in [4.69, 9.17) is 4.74 Å². The van der Waals surface area contributed by atoms with Gasteiger partial charge in [0.25, 0.3) is 0 Å². The first kappa shape index (κ1) is 24.7. The van der Waals surface area contributed by atoms with Gasteiger partial charge in [-0.05, 0) is 37.6 Å². The van der Waals surface area contributed by atoms with Gasteiger partial charge in [0.2, 0.25) is 0 Å². The lowest BCUT2D eigenvalue weighted by Crippen LogP contribution is -2.36. The highest BCUT2D eigenvalue weighted by atomic mass is 127. The normalized spacial score (nSPS) is 11.0. The van der Waals surface area contributed by atoms with E-state index in [1.807, 2.05) is 13.8 Å². The van der Waals surface area contributed by atoms with Gasteiger partial charge < -0.3 is 25.2 Å². The second-order valence-electron chi connectivity index (χ2n) is 6.04. The van der Waals surface area contributed by atoms with Crippen molar-refractivity contribution in [2.24, 2.45) is 4.99 Å². The Morgan fingerprint density at radius 2 is 1.86 bits per heavy atom. The molecule has 0 spiro atoms. The summed E-state index contributed by atoms with van der Waals surface area (Å²) in [6.07, 6.45) is 0. The SMILES string of the molecule is CCNC(=NCc1ccc(OC)c(O)c1)NCc1cc(C)ccc1OC(F)F.I. The molecular weight excluding hydrogens is 495 g/mol. The number of methoxy groups -OCH3 is 1. The number of hydrogen-bond acceptors (Lipinski definition) is 4. The van der Waals surface area contributed by atoms with Crippen LogP contribution in [0.1, 0.15) is 23.6 Å². The zero-order valence-corrected chi connectivity index (χ0v) is 18.9. The van der Waals surface area contributed by atoms with Gasteiger partial charge in [0.05, 0.1) is 13.7 Å². The standard InChI is InChI=1S/C20H25F2N3O3.HI/c1-4-23-20(24-11-14-6-8-18(27-3)16(26)10-14)25-12-15-9-13(2)5-7-17(15)28-19(21)22;/h5-10,19,26H,4,11-12H2,1-3H3,(H2,23,24,25);1H. The summed E-state index contributed by atoms with van der Waals surface area (Å²) in [5.74, 6) is 1.08. The van der Waals surface area contributed by atoms with E-state index in [-0.39, 0.29) is 42.0 Å². The summed E-state index contributed by atoms with van der Waals surface area (Å²) in [5, 5.41) is 16.1. The molecule has 0 radical (unpaired) electrons. The Morgan fingerprint density at radius 3 is 2.48 bits per heavy atom. The molecule has 0 aliphatic carbocycles. The van der Waals surface area contributed by atoms with Crippen molar-refractivity contribution in [1.29, 1.82) is 0 Å². The minimum absolute atomic E-state index is 0. The summed E-state index contributed by atoms with van der Waals surface area (Å²) < 4.78 is 34.8. The number of phenols is 1. The fourth-order valence-corrected chi connectivity index (χ4v) is 2.58. The van der Waals surface area contributed by atoms with Crippen molar-refractivity contribution in [3.63, 3.8) is 0 Å². The van der Waals surface area contributed by atoms with E-state index in [2.05, 4.69) is 20.4 Å². The summed E-state index contributed by atoms with van der Waals surface area (Å²) in [4.78, 5) is 4.46. The molecule has 0 saturated carbocycles. The minimum atomic E-state index is -2.88. The molecule has 0 unspecified atom stereocenters. The van der Waals surface area contributed by atoms with E-state index >= 15 is 0 Å². The van der Waals surface area contributed by atoms with Crippen molar-refractivity contribution in [2.45, 2.75) is 33.5 Å². The Labute approximate surface area is 186 Å². The predicted molar refractivity (Wildman–Crippen MR) is 120 cm³/mol. The Hall–Kier alpha value is -2.30. The molecule has 0 aliphatic heterocycles. The van der Waals surface area contributed by atoms with Crippen LogP contribution in [-0.4, -0.2) is 31.3 Å². The molecule has 0 atom stereocenters. The van der Waals surface area contributed by atoms with Gasteiger partial charge in [-0.25, -0.2) is 4.99 Å². The third-order valence-electron chi connectivity index (χ3n) is 3.89. The molecule has 0 aliphatic rings. The Kier molecular flexibility index (Phi) is 10.5. The topological polar surface area (TPSA) is 75.1 Å². The highest BCUT2D eigenvalue weighted by molar-refractivity contribution is 14.0. The van der Waals surface area contributed by atoms with Crippen LogP contribution in [0.3, 0.4) is 0 Å². The fourth-order valence-electron chi connectivity index (χ4n) is 2.58. The zero-order chi connectivity index (χ0) is 20.5. The highest BCUT2D eigenvalue weighted by Gasteiger charge is 2.10. The maximum absolute atomic E-state index is 12.6. The van der Waals surface area contributed by atoms with Gasteiger partial charge in [-0.1, -0.05) is 23.8 Å². The maximum atomic E-state index is 12.6. The molecule has 2 aromatic rings. The van der Waals surface area contributed by atoms with E-state index in [1.165, 1.54) is 13.2 Å². The number of rotatable bonds is 8. The van der Waals surface area contributed by atoms with Gasteiger partial charge in [-0.3, -0.25) is 0 Å². The Balaban J connectivity index is 0.00000420. The lowest BCUT2D eigenvalue weighted by Gasteiger charge is -2.15. The minimum Gasteiger partial charge on any atom is -0.504 e.